The van der Waals surface area contributed by atoms with Gasteiger partial charge in [0.25, 0.3) is 0 Å². The highest BCUT2D eigenvalue weighted by Crippen LogP contribution is 2.31. The number of aromatic nitrogens is 2. The van der Waals surface area contributed by atoms with Gasteiger partial charge in [0.2, 0.25) is 0 Å². The summed E-state index contributed by atoms with van der Waals surface area (Å²) >= 11 is 0. The predicted molar refractivity (Wildman–Crippen MR) is 74.4 cm³/mol. The molecule has 2 N–H and O–H groups in total. The summed E-state index contributed by atoms with van der Waals surface area (Å²) in [6.45, 7) is 11.7. The molecule has 0 saturated carbocycles. The van der Waals surface area contributed by atoms with E-state index in [2.05, 4.69) is 44.7 Å². The molecule has 0 aromatic carbocycles. The molecule has 98 valence electrons. The second kappa shape index (κ2) is 4.98. The maximum atomic E-state index is 6.16. The lowest BCUT2D eigenvalue weighted by Gasteiger charge is -2.37. The highest BCUT2D eigenvalue weighted by Gasteiger charge is 2.27. The van der Waals surface area contributed by atoms with Gasteiger partial charge in [-0.3, -0.25) is 0 Å². The summed E-state index contributed by atoms with van der Waals surface area (Å²) in [5, 5.41) is 4.52. The summed E-state index contributed by atoms with van der Waals surface area (Å²) in [5.41, 5.74) is 7.98. The first kappa shape index (κ1) is 13.9. The highest BCUT2D eigenvalue weighted by atomic mass is 15.4. The van der Waals surface area contributed by atoms with Gasteiger partial charge in [-0.05, 0) is 33.6 Å². The van der Waals surface area contributed by atoms with E-state index < -0.39 is 0 Å². The fraction of sp³-hybridized carbons (Fsp3) is 0.769. The van der Waals surface area contributed by atoms with Crippen molar-refractivity contribution < 1.29 is 0 Å². The van der Waals surface area contributed by atoms with Gasteiger partial charge in [-0.2, -0.15) is 5.10 Å². The van der Waals surface area contributed by atoms with Crippen LogP contribution in [0.1, 0.15) is 46.2 Å². The van der Waals surface area contributed by atoms with Crippen LogP contribution in [0.2, 0.25) is 0 Å². The zero-order chi connectivity index (χ0) is 13.2. The van der Waals surface area contributed by atoms with Gasteiger partial charge in [0.1, 0.15) is 0 Å². The largest absolute Gasteiger partial charge is 0.394 e. The molecule has 1 aromatic rings. The van der Waals surface area contributed by atoms with Crippen molar-refractivity contribution in [2.45, 2.75) is 59.5 Å². The van der Waals surface area contributed by atoms with Crippen LogP contribution in [0.3, 0.4) is 0 Å². The van der Waals surface area contributed by atoms with Crippen LogP contribution in [0.15, 0.2) is 0 Å². The van der Waals surface area contributed by atoms with E-state index in [9.17, 15) is 0 Å². The van der Waals surface area contributed by atoms with Crippen molar-refractivity contribution in [3.05, 3.63) is 5.69 Å². The summed E-state index contributed by atoms with van der Waals surface area (Å²) in [7, 11) is 2.10. The first-order valence-electron chi connectivity index (χ1n) is 6.41. The van der Waals surface area contributed by atoms with Gasteiger partial charge in [0.05, 0.1) is 11.4 Å². The number of nitrogens with two attached hydrogens (primary N) is 1. The molecule has 1 heterocycles. The number of anilines is 2. The molecular weight excluding hydrogens is 212 g/mol. The Labute approximate surface area is 105 Å². The molecule has 0 radical (unpaired) electrons. The molecule has 17 heavy (non-hydrogen) atoms. The van der Waals surface area contributed by atoms with Crippen LogP contribution in [-0.4, -0.2) is 22.4 Å². The van der Waals surface area contributed by atoms with Crippen LogP contribution >= 0.6 is 0 Å². The minimum absolute atomic E-state index is 0.0894. The van der Waals surface area contributed by atoms with Crippen molar-refractivity contribution >= 4 is 11.5 Å². The van der Waals surface area contributed by atoms with Crippen molar-refractivity contribution in [3.63, 3.8) is 0 Å². The standard InChI is InChI=1S/C13H26N4/c1-7-9-17-12(11(14)10(3)15-17)16(6)13(4,5)8-2/h7-9,14H2,1-6H3. The second-order valence-corrected chi connectivity index (χ2v) is 5.27. The average Bonchev–Trinajstić information content (AvgIpc) is 2.54. The van der Waals surface area contributed by atoms with Gasteiger partial charge in [-0.25, -0.2) is 4.68 Å². The fourth-order valence-corrected chi connectivity index (χ4v) is 1.83. The van der Waals surface area contributed by atoms with Crippen LogP contribution in [0.25, 0.3) is 0 Å². The van der Waals surface area contributed by atoms with Crippen molar-refractivity contribution in [1.82, 2.24) is 9.78 Å². The Kier molecular flexibility index (Phi) is 4.07. The Bertz CT molecular complexity index is 379. The predicted octanol–water partition coefficient (Wildman–Crippen LogP) is 2.81. The normalized spacial score (nSPS) is 11.9. The lowest BCUT2D eigenvalue weighted by molar-refractivity contribution is 0.453. The lowest BCUT2D eigenvalue weighted by atomic mass is 10.00. The van der Waals surface area contributed by atoms with E-state index >= 15 is 0 Å². The van der Waals surface area contributed by atoms with Crippen molar-refractivity contribution in [3.8, 4) is 0 Å². The highest BCUT2D eigenvalue weighted by molar-refractivity contribution is 5.66. The van der Waals surface area contributed by atoms with E-state index in [4.69, 9.17) is 5.73 Å². The SMILES string of the molecule is CCCn1nc(C)c(N)c1N(C)C(C)(C)CC. The molecule has 1 aromatic heterocycles. The van der Waals surface area contributed by atoms with Gasteiger partial charge in [-0.15, -0.1) is 0 Å². The number of rotatable bonds is 5. The molecule has 1 rings (SSSR count). The van der Waals surface area contributed by atoms with Gasteiger partial charge < -0.3 is 10.6 Å². The van der Waals surface area contributed by atoms with Crippen LogP contribution < -0.4 is 10.6 Å². The Morgan fingerprint density at radius 2 is 1.94 bits per heavy atom. The fourth-order valence-electron chi connectivity index (χ4n) is 1.83. The van der Waals surface area contributed by atoms with Crippen LogP contribution in [0.5, 0.6) is 0 Å². The molecule has 0 aliphatic carbocycles. The molecule has 0 spiro atoms. The van der Waals surface area contributed by atoms with Crippen molar-refractivity contribution in [2.75, 3.05) is 17.7 Å². The summed E-state index contributed by atoms with van der Waals surface area (Å²) in [6.07, 6.45) is 2.13. The number of nitrogen functional groups attached to an aromatic ring is 1. The first-order valence-corrected chi connectivity index (χ1v) is 6.41. The first-order chi connectivity index (χ1) is 7.85. The minimum Gasteiger partial charge on any atom is -0.394 e. The zero-order valence-corrected chi connectivity index (χ0v) is 12.0. The van der Waals surface area contributed by atoms with E-state index in [-0.39, 0.29) is 5.54 Å². The van der Waals surface area contributed by atoms with E-state index in [0.717, 1.165) is 36.6 Å². The third-order valence-electron chi connectivity index (χ3n) is 3.67. The molecule has 0 fully saturated rings. The molecule has 0 atom stereocenters. The number of aryl methyl sites for hydroxylation is 2. The van der Waals surface area contributed by atoms with E-state index in [1.165, 1.54) is 0 Å². The monoisotopic (exact) mass is 238 g/mol. The quantitative estimate of drug-likeness (QED) is 0.858. The summed E-state index contributed by atoms with van der Waals surface area (Å²) in [4.78, 5) is 2.25. The summed E-state index contributed by atoms with van der Waals surface area (Å²) < 4.78 is 2.03. The molecule has 0 unspecified atom stereocenters. The zero-order valence-electron chi connectivity index (χ0n) is 12.0. The molecule has 0 amide bonds. The molecule has 4 heteroatoms. The van der Waals surface area contributed by atoms with Crippen LogP contribution in [-0.2, 0) is 6.54 Å². The van der Waals surface area contributed by atoms with Crippen molar-refractivity contribution in [2.24, 2.45) is 0 Å². The topological polar surface area (TPSA) is 47.1 Å². The third kappa shape index (κ3) is 2.56. The van der Waals surface area contributed by atoms with Crippen LogP contribution in [0, 0.1) is 6.92 Å². The van der Waals surface area contributed by atoms with Gasteiger partial charge >= 0.3 is 0 Å². The molecule has 0 bridgehead atoms. The number of hydrogen-bond donors (Lipinski definition) is 1. The molecule has 0 aliphatic rings. The van der Waals surface area contributed by atoms with E-state index in [1.54, 1.807) is 0 Å². The molecule has 0 aliphatic heterocycles. The van der Waals surface area contributed by atoms with Crippen LogP contribution in [0.4, 0.5) is 11.5 Å². The summed E-state index contributed by atoms with van der Waals surface area (Å²) in [6, 6.07) is 0. The van der Waals surface area contributed by atoms with Gasteiger partial charge in [0.15, 0.2) is 5.82 Å². The van der Waals surface area contributed by atoms with E-state index in [0.29, 0.717) is 0 Å². The maximum Gasteiger partial charge on any atom is 0.150 e. The minimum atomic E-state index is 0.0894. The Morgan fingerprint density at radius 1 is 1.35 bits per heavy atom. The Balaban J connectivity index is 3.19. The van der Waals surface area contributed by atoms with E-state index in [1.807, 2.05) is 11.6 Å². The Hall–Kier alpha value is -1.19. The number of hydrogen-bond acceptors (Lipinski definition) is 3. The molecule has 4 nitrogen and oxygen atoms in total. The lowest BCUT2D eigenvalue weighted by Crippen LogP contribution is -2.42. The summed E-state index contributed by atoms with van der Waals surface area (Å²) in [5.74, 6) is 1.05. The number of nitrogens with zero attached hydrogens (tertiary/aromatic N) is 3. The maximum absolute atomic E-state index is 6.16. The average molecular weight is 238 g/mol. The molecule has 0 saturated heterocycles. The van der Waals surface area contributed by atoms with Crippen molar-refractivity contribution in [1.29, 1.82) is 0 Å². The Morgan fingerprint density at radius 3 is 2.41 bits per heavy atom. The van der Waals surface area contributed by atoms with Gasteiger partial charge in [-0.1, -0.05) is 13.8 Å². The second-order valence-electron chi connectivity index (χ2n) is 5.27. The van der Waals surface area contributed by atoms with Gasteiger partial charge in [0, 0.05) is 19.1 Å². The third-order valence-corrected chi connectivity index (χ3v) is 3.67. The molecular formula is C13H26N4. The smallest absolute Gasteiger partial charge is 0.150 e.